The highest BCUT2D eigenvalue weighted by atomic mass is 32.2. The second kappa shape index (κ2) is 4.75. The molecule has 0 radical (unpaired) electrons. The molecule has 5 nitrogen and oxygen atoms in total. The van der Waals surface area contributed by atoms with Gasteiger partial charge in [-0.15, -0.1) is 0 Å². The average molecular weight is 257 g/mol. The fraction of sp³-hybridized carbons (Fsp3) is 0.364. The van der Waals surface area contributed by atoms with Crippen LogP contribution in [0.25, 0.3) is 0 Å². The molecule has 0 spiro atoms. The molecule has 0 fully saturated rings. The summed E-state index contributed by atoms with van der Waals surface area (Å²) in [6.45, 7) is 1.56. The van der Waals surface area contributed by atoms with Gasteiger partial charge in [0, 0.05) is 19.0 Å². The van der Waals surface area contributed by atoms with Crippen LogP contribution in [0.2, 0.25) is 0 Å². The third-order valence-corrected chi connectivity index (χ3v) is 3.74. The van der Waals surface area contributed by atoms with Crippen molar-refractivity contribution in [2.24, 2.45) is 0 Å². The van der Waals surface area contributed by atoms with Crippen molar-refractivity contribution in [3.8, 4) is 0 Å². The molecule has 0 aromatic heterocycles. The molecular formula is C11H15NO4S. The first kappa shape index (κ1) is 13.5. The Morgan fingerprint density at radius 3 is 2.12 bits per heavy atom. The summed E-state index contributed by atoms with van der Waals surface area (Å²) in [7, 11) is -1.57. The van der Waals surface area contributed by atoms with E-state index in [4.69, 9.17) is 5.11 Å². The van der Waals surface area contributed by atoms with Crippen molar-refractivity contribution in [1.82, 2.24) is 0 Å². The minimum Gasteiger partial charge on any atom is -0.480 e. The first-order chi connectivity index (χ1) is 7.73. The van der Waals surface area contributed by atoms with Crippen molar-refractivity contribution in [1.29, 1.82) is 0 Å². The molecule has 1 aromatic rings. The quantitative estimate of drug-likeness (QED) is 0.871. The Hall–Kier alpha value is -1.56. The molecule has 0 saturated carbocycles. The number of benzene rings is 1. The Balaban J connectivity index is 2.99. The molecule has 1 unspecified atom stereocenters. The number of hydrogen-bond donors (Lipinski definition) is 1. The number of nitrogens with zero attached hydrogens (tertiary/aromatic N) is 1. The molecule has 1 N–H and O–H groups in total. The Kier molecular flexibility index (Phi) is 3.77. The SMILES string of the molecule is CC(C(=O)O)N(C)c1ccc(S(C)(=O)=O)cc1. The minimum atomic E-state index is -3.22. The number of carboxylic acids is 1. The Morgan fingerprint density at radius 2 is 1.76 bits per heavy atom. The number of carbonyl (C=O) groups is 1. The van der Waals surface area contributed by atoms with E-state index in [0.717, 1.165) is 6.26 Å². The molecule has 0 aliphatic rings. The smallest absolute Gasteiger partial charge is 0.326 e. The van der Waals surface area contributed by atoms with E-state index in [9.17, 15) is 13.2 Å². The molecular weight excluding hydrogens is 242 g/mol. The van der Waals surface area contributed by atoms with Gasteiger partial charge in [0.15, 0.2) is 9.84 Å². The van der Waals surface area contributed by atoms with Crippen LogP contribution in [0.3, 0.4) is 0 Å². The van der Waals surface area contributed by atoms with Gasteiger partial charge in [0.1, 0.15) is 6.04 Å². The zero-order valence-electron chi connectivity index (χ0n) is 9.91. The first-order valence-corrected chi connectivity index (χ1v) is 6.88. The normalized spacial score (nSPS) is 13.1. The second-order valence-corrected chi connectivity index (χ2v) is 5.91. The highest BCUT2D eigenvalue weighted by molar-refractivity contribution is 7.90. The van der Waals surface area contributed by atoms with Crippen LogP contribution in [0, 0.1) is 0 Å². The zero-order valence-corrected chi connectivity index (χ0v) is 10.7. The van der Waals surface area contributed by atoms with Crippen LogP contribution in [-0.4, -0.2) is 38.8 Å². The molecule has 17 heavy (non-hydrogen) atoms. The highest BCUT2D eigenvalue weighted by Gasteiger charge is 2.17. The molecule has 0 heterocycles. The largest absolute Gasteiger partial charge is 0.480 e. The number of likely N-dealkylation sites (N-methyl/N-ethyl adjacent to an activating group) is 1. The topological polar surface area (TPSA) is 74.7 Å². The summed E-state index contributed by atoms with van der Waals surface area (Å²) >= 11 is 0. The molecule has 0 saturated heterocycles. The van der Waals surface area contributed by atoms with Gasteiger partial charge in [0.05, 0.1) is 4.90 Å². The number of hydrogen-bond acceptors (Lipinski definition) is 4. The average Bonchev–Trinajstić information content (AvgIpc) is 2.26. The number of aliphatic carboxylic acids is 1. The maximum Gasteiger partial charge on any atom is 0.326 e. The van der Waals surface area contributed by atoms with Crippen LogP contribution in [-0.2, 0) is 14.6 Å². The molecule has 1 aromatic carbocycles. The molecule has 0 aliphatic carbocycles. The summed E-state index contributed by atoms with van der Waals surface area (Å²) in [6, 6.07) is 5.45. The van der Waals surface area contributed by atoms with Crippen LogP contribution in [0.4, 0.5) is 5.69 Å². The number of anilines is 1. The Morgan fingerprint density at radius 1 is 1.29 bits per heavy atom. The number of carboxylic acid groups (broad SMARTS) is 1. The minimum absolute atomic E-state index is 0.220. The van der Waals surface area contributed by atoms with E-state index in [2.05, 4.69) is 0 Å². The maximum atomic E-state index is 11.2. The fourth-order valence-electron chi connectivity index (χ4n) is 1.32. The Labute approximate surface area is 101 Å². The van der Waals surface area contributed by atoms with Gasteiger partial charge < -0.3 is 10.0 Å². The van der Waals surface area contributed by atoms with Gasteiger partial charge in [0.2, 0.25) is 0 Å². The van der Waals surface area contributed by atoms with Gasteiger partial charge in [-0.2, -0.15) is 0 Å². The van der Waals surface area contributed by atoms with Crippen LogP contribution in [0.1, 0.15) is 6.92 Å². The molecule has 1 rings (SSSR count). The lowest BCUT2D eigenvalue weighted by molar-refractivity contribution is -0.138. The molecule has 0 bridgehead atoms. The number of rotatable bonds is 4. The maximum absolute atomic E-state index is 11.2. The third kappa shape index (κ3) is 3.20. The van der Waals surface area contributed by atoms with E-state index < -0.39 is 21.8 Å². The van der Waals surface area contributed by atoms with Gasteiger partial charge in [-0.25, -0.2) is 13.2 Å². The van der Waals surface area contributed by atoms with E-state index in [0.29, 0.717) is 5.69 Å². The van der Waals surface area contributed by atoms with Crippen LogP contribution >= 0.6 is 0 Å². The lowest BCUT2D eigenvalue weighted by atomic mass is 10.2. The van der Waals surface area contributed by atoms with Crippen LogP contribution < -0.4 is 4.90 Å². The summed E-state index contributed by atoms with van der Waals surface area (Å²) in [4.78, 5) is 12.6. The monoisotopic (exact) mass is 257 g/mol. The standard InChI is InChI=1S/C11H15NO4S/c1-8(11(13)14)12(2)9-4-6-10(7-5-9)17(3,15)16/h4-8H,1-3H3,(H,13,14). The van der Waals surface area contributed by atoms with E-state index in [1.54, 1.807) is 31.0 Å². The summed E-state index contributed by atoms with van der Waals surface area (Å²) in [5.41, 5.74) is 0.660. The summed E-state index contributed by atoms with van der Waals surface area (Å²) < 4.78 is 22.5. The summed E-state index contributed by atoms with van der Waals surface area (Å²) in [5.74, 6) is -0.931. The van der Waals surface area contributed by atoms with Crippen LogP contribution in [0.15, 0.2) is 29.2 Å². The van der Waals surface area contributed by atoms with Gasteiger partial charge in [0.25, 0.3) is 0 Å². The van der Waals surface area contributed by atoms with Crippen molar-refractivity contribution in [3.05, 3.63) is 24.3 Å². The molecule has 1 atom stereocenters. The van der Waals surface area contributed by atoms with E-state index in [-0.39, 0.29) is 4.90 Å². The van der Waals surface area contributed by atoms with Crippen molar-refractivity contribution >= 4 is 21.5 Å². The molecule has 0 amide bonds. The molecule has 94 valence electrons. The predicted octanol–water partition coefficient (Wildman–Crippen LogP) is 0.999. The van der Waals surface area contributed by atoms with Gasteiger partial charge in [-0.3, -0.25) is 0 Å². The van der Waals surface area contributed by atoms with Gasteiger partial charge in [-0.05, 0) is 31.2 Å². The fourth-order valence-corrected chi connectivity index (χ4v) is 1.95. The molecule has 6 heteroatoms. The second-order valence-electron chi connectivity index (χ2n) is 3.89. The zero-order chi connectivity index (χ0) is 13.2. The molecule has 0 aliphatic heterocycles. The van der Waals surface area contributed by atoms with Crippen molar-refractivity contribution in [2.45, 2.75) is 17.9 Å². The highest BCUT2D eigenvalue weighted by Crippen LogP contribution is 2.18. The van der Waals surface area contributed by atoms with E-state index in [1.165, 1.54) is 12.1 Å². The lowest BCUT2D eigenvalue weighted by Gasteiger charge is -2.23. The number of sulfone groups is 1. The van der Waals surface area contributed by atoms with Gasteiger partial charge in [-0.1, -0.05) is 0 Å². The van der Waals surface area contributed by atoms with Crippen molar-refractivity contribution < 1.29 is 18.3 Å². The predicted molar refractivity (Wildman–Crippen MR) is 65.1 cm³/mol. The van der Waals surface area contributed by atoms with E-state index in [1.807, 2.05) is 0 Å². The summed E-state index contributed by atoms with van der Waals surface area (Å²) in [6.07, 6.45) is 1.13. The van der Waals surface area contributed by atoms with Crippen molar-refractivity contribution in [3.63, 3.8) is 0 Å². The van der Waals surface area contributed by atoms with Gasteiger partial charge >= 0.3 is 5.97 Å². The Bertz CT molecular complexity index is 507. The van der Waals surface area contributed by atoms with Crippen molar-refractivity contribution in [2.75, 3.05) is 18.2 Å². The van der Waals surface area contributed by atoms with Crippen LogP contribution in [0.5, 0.6) is 0 Å². The summed E-state index contributed by atoms with van der Waals surface area (Å²) in [5, 5.41) is 8.86. The van der Waals surface area contributed by atoms with E-state index >= 15 is 0 Å². The first-order valence-electron chi connectivity index (χ1n) is 4.99. The lowest BCUT2D eigenvalue weighted by Crippen LogP contribution is -2.35. The third-order valence-electron chi connectivity index (χ3n) is 2.61.